The summed E-state index contributed by atoms with van der Waals surface area (Å²) < 4.78 is 7.14. The molecule has 1 amide bonds. The van der Waals surface area contributed by atoms with Gasteiger partial charge in [-0.3, -0.25) is 0 Å². The summed E-state index contributed by atoms with van der Waals surface area (Å²) in [6, 6.07) is 13.6. The van der Waals surface area contributed by atoms with E-state index in [-0.39, 0.29) is 12.1 Å². The minimum Gasteiger partial charge on any atom is -0.465 e. The molecule has 2 atom stereocenters. The first kappa shape index (κ1) is 15.3. The SMILES string of the molecule is O=C(O)N[C@@H]1CCCN2c3cc(Br)ccc3Oc3ccccc3[C@H]12. The average molecular weight is 389 g/mol. The number of hydrogen-bond donors (Lipinski definition) is 2. The molecule has 124 valence electrons. The fourth-order valence-electron chi connectivity index (χ4n) is 3.70. The van der Waals surface area contributed by atoms with Crippen LogP contribution in [-0.2, 0) is 0 Å². The molecule has 2 N–H and O–H groups in total. The molecule has 4 rings (SSSR count). The van der Waals surface area contributed by atoms with Crippen LogP contribution < -0.4 is 15.0 Å². The Labute approximate surface area is 148 Å². The van der Waals surface area contributed by atoms with Gasteiger partial charge in [-0.2, -0.15) is 0 Å². The highest BCUT2D eigenvalue weighted by Crippen LogP contribution is 2.48. The van der Waals surface area contributed by atoms with Gasteiger partial charge in [-0.05, 0) is 37.1 Å². The summed E-state index contributed by atoms with van der Waals surface area (Å²) in [7, 11) is 0. The Morgan fingerprint density at radius 1 is 1.25 bits per heavy atom. The Balaban J connectivity index is 1.88. The molecule has 2 aromatic carbocycles. The lowest BCUT2D eigenvalue weighted by Gasteiger charge is -2.42. The number of amides is 1. The number of fused-ring (bicyclic) bond motifs is 5. The van der Waals surface area contributed by atoms with Crippen LogP contribution in [0.15, 0.2) is 46.9 Å². The minimum absolute atomic E-state index is 0.0819. The molecule has 0 unspecified atom stereocenters. The lowest BCUT2D eigenvalue weighted by Crippen LogP contribution is -2.49. The largest absolute Gasteiger partial charge is 0.465 e. The number of halogens is 1. The molecule has 2 aromatic rings. The van der Waals surface area contributed by atoms with Gasteiger partial charge < -0.3 is 20.1 Å². The van der Waals surface area contributed by atoms with Crippen LogP contribution in [0.5, 0.6) is 11.5 Å². The van der Waals surface area contributed by atoms with Crippen molar-refractivity contribution in [1.29, 1.82) is 0 Å². The molecule has 0 aromatic heterocycles. The van der Waals surface area contributed by atoms with E-state index in [1.807, 2.05) is 42.5 Å². The van der Waals surface area contributed by atoms with Crippen molar-refractivity contribution in [1.82, 2.24) is 5.32 Å². The van der Waals surface area contributed by atoms with E-state index in [9.17, 15) is 9.90 Å². The fourth-order valence-corrected chi connectivity index (χ4v) is 4.05. The fraction of sp³-hybridized carbons (Fsp3) is 0.278. The first-order valence-electron chi connectivity index (χ1n) is 7.96. The maximum absolute atomic E-state index is 11.3. The number of nitrogens with one attached hydrogen (secondary N) is 1. The summed E-state index contributed by atoms with van der Waals surface area (Å²) >= 11 is 3.53. The van der Waals surface area contributed by atoms with Crippen molar-refractivity contribution in [2.45, 2.75) is 24.9 Å². The number of para-hydroxylation sites is 1. The average Bonchev–Trinajstić information content (AvgIpc) is 2.70. The lowest BCUT2D eigenvalue weighted by atomic mass is 9.89. The number of piperidine rings is 1. The van der Waals surface area contributed by atoms with Crippen LogP contribution >= 0.6 is 15.9 Å². The van der Waals surface area contributed by atoms with E-state index in [1.54, 1.807) is 0 Å². The maximum atomic E-state index is 11.3. The highest BCUT2D eigenvalue weighted by atomic mass is 79.9. The highest BCUT2D eigenvalue weighted by Gasteiger charge is 2.38. The van der Waals surface area contributed by atoms with E-state index in [0.29, 0.717) is 0 Å². The Kier molecular flexibility index (Phi) is 3.84. The number of anilines is 1. The Hall–Kier alpha value is -2.21. The van der Waals surface area contributed by atoms with Crippen LogP contribution in [0, 0.1) is 0 Å². The van der Waals surface area contributed by atoms with Crippen molar-refractivity contribution < 1.29 is 14.6 Å². The van der Waals surface area contributed by atoms with Crippen molar-refractivity contribution in [3.63, 3.8) is 0 Å². The van der Waals surface area contributed by atoms with E-state index in [2.05, 4.69) is 26.1 Å². The van der Waals surface area contributed by atoms with Crippen LogP contribution in [0.25, 0.3) is 0 Å². The van der Waals surface area contributed by atoms with Gasteiger partial charge in [-0.15, -0.1) is 0 Å². The molecule has 0 saturated carbocycles. The van der Waals surface area contributed by atoms with Gasteiger partial charge in [0.1, 0.15) is 5.75 Å². The highest BCUT2D eigenvalue weighted by molar-refractivity contribution is 9.10. The van der Waals surface area contributed by atoms with E-state index in [1.165, 1.54) is 0 Å². The van der Waals surface area contributed by atoms with Gasteiger partial charge >= 0.3 is 6.09 Å². The van der Waals surface area contributed by atoms with Crippen molar-refractivity contribution in [3.8, 4) is 11.5 Å². The lowest BCUT2D eigenvalue weighted by molar-refractivity contribution is 0.184. The van der Waals surface area contributed by atoms with Crippen molar-refractivity contribution in [2.24, 2.45) is 0 Å². The summed E-state index contributed by atoms with van der Waals surface area (Å²) in [5, 5.41) is 11.9. The second-order valence-electron chi connectivity index (χ2n) is 6.09. The van der Waals surface area contributed by atoms with E-state index >= 15 is 0 Å². The Bertz CT molecular complexity index is 796. The standard InChI is InChI=1S/C18H17BrN2O3/c19-11-7-8-16-14(10-11)21-9-3-5-13(20-18(22)23)17(21)12-4-1-2-6-15(12)24-16/h1-2,4,6-8,10,13,17,20H,3,5,9H2,(H,22,23)/t13-,17-/m1/s1. The molecule has 1 saturated heterocycles. The number of rotatable bonds is 1. The zero-order chi connectivity index (χ0) is 16.7. The number of ether oxygens (including phenoxy) is 1. The van der Waals surface area contributed by atoms with Crippen LogP contribution in [0.1, 0.15) is 24.4 Å². The maximum Gasteiger partial charge on any atom is 0.404 e. The topological polar surface area (TPSA) is 61.8 Å². The molecule has 2 aliphatic rings. The second-order valence-corrected chi connectivity index (χ2v) is 7.00. The van der Waals surface area contributed by atoms with Crippen molar-refractivity contribution in [2.75, 3.05) is 11.4 Å². The number of nitrogens with zero attached hydrogens (tertiary/aromatic N) is 1. The molecule has 5 nitrogen and oxygen atoms in total. The van der Waals surface area contributed by atoms with Gasteiger partial charge in [0.2, 0.25) is 0 Å². The zero-order valence-electron chi connectivity index (χ0n) is 12.9. The van der Waals surface area contributed by atoms with Crippen LogP contribution in [0.3, 0.4) is 0 Å². The summed E-state index contributed by atoms with van der Waals surface area (Å²) in [5.41, 5.74) is 2.01. The number of hydrogen-bond acceptors (Lipinski definition) is 3. The smallest absolute Gasteiger partial charge is 0.404 e. The molecule has 0 bridgehead atoms. The quantitative estimate of drug-likeness (QED) is 0.752. The summed E-state index contributed by atoms with van der Waals surface area (Å²) in [4.78, 5) is 13.5. The van der Waals surface area contributed by atoms with E-state index in [0.717, 1.165) is 46.6 Å². The second kappa shape index (κ2) is 6.02. The van der Waals surface area contributed by atoms with E-state index < -0.39 is 6.09 Å². The van der Waals surface area contributed by atoms with E-state index in [4.69, 9.17) is 4.74 Å². The predicted molar refractivity (Wildman–Crippen MR) is 94.9 cm³/mol. The molecule has 0 radical (unpaired) electrons. The van der Waals surface area contributed by atoms with Gasteiger partial charge in [0.25, 0.3) is 0 Å². The number of carbonyl (C=O) groups is 1. The van der Waals surface area contributed by atoms with Gasteiger partial charge in [0.15, 0.2) is 5.75 Å². The molecular weight excluding hydrogens is 372 g/mol. The molecule has 24 heavy (non-hydrogen) atoms. The third kappa shape index (κ3) is 2.60. The third-order valence-corrected chi connectivity index (χ3v) is 5.12. The van der Waals surface area contributed by atoms with Crippen molar-refractivity contribution >= 4 is 27.7 Å². The number of benzene rings is 2. The van der Waals surface area contributed by atoms with Crippen LogP contribution in [-0.4, -0.2) is 23.8 Å². The zero-order valence-corrected chi connectivity index (χ0v) is 14.5. The van der Waals surface area contributed by atoms with Crippen LogP contribution in [0.4, 0.5) is 10.5 Å². The molecule has 2 aliphatic heterocycles. The Morgan fingerprint density at radius 3 is 2.92 bits per heavy atom. The Morgan fingerprint density at radius 2 is 2.08 bits per heavy atom. The summed E-state index contributed by atoms with van der Waals surface area (Å²) in [6.07, 6.45) is 0.750. The van der Waals surface area contributed by atoms with Gasteiger partial charge in [0.05, 0.1) is 17.8 Å². The molecule has 6 heteroatoms. The minimum atomic E-state index is -0.987. The van der Waals surface area contributed by atoms with Crippen LogP contribution in [0.2, 0.25) is 0 Å². The molecule has 0 aliphatic carbocycles. The summed E-state index contributed by atoms with van der Waals surface area (Å²) in [6.45, 7) is 0.865. The van der Waals surface area contributed by atoms with Gasteiger partial charge in [0, 0.05) is 16.6 Å². The molecule has 1 fully saturated rings. The summed E-state index contributed by atoms with van der Waals surface area (Å²) in [5.74, 6) is 1.58. The first-order chi connectivity index (χ1) is 11.6. The third-order valence-electron chi connectivity index (χ3n) is 4.63. The van der Waals surface area contributed by atoms with Crippen molar-refractivity contribution in [3.05, 3.63) is 52.5 Å². The monoisotopic (exact) mass is 388 g/mol. The number of carboxylic acid groups (broad SMARTS) is 1. The molecular formula is C18H17BrN2O3. The van der Waals surface area contributed by atoms with Gasteiger partial charge in [-0.1, -0.05) is 34.1 Å². The first-order valence-corrected chi connectivity index (χ1v) is 8.75. The molecule has 2 heterocycles. The normalized spacial score (nSPS) is 21.6. The van der Waals surface area contributed by atoms with Gasteiger partial charge in [-0.25, -0.2) is 4.79 Å². The predicted octanol–water partition coefficient (Wildman–Crippen LogP) is 4.53. The molecule has 0 spiro atoms.